The van der Waals surface area contributed by atoms with E-state index in [-0.39, 0.29) is 31.1 Å². The summed E-state index contributed by atoms with van der Waals surface area (Å²) in [6.45, 7) is 7.80. The van der Waals surface area contributed by atoms with E-state index in [1.54, 1.807) is 6.92 Å². The highest BCUT2D eigenvalue weighted by atomic mass is 19.1. The lowest BCUT2D eigenvalue weighted by molar-refractivity contribution is -0.148. The van der Waals surface area contributed by atoms with Crippen molar-refractivity contribution in [2.24, 2.45) is 17.8 Å². The summed E-state index contributed by atoms with van der Waals surface area (Å²) in [4.78, 5) is 25.8. The summed E-state index contributed by atoms with van der Waals surface area (Å²) in [5, 5.41) is 3.33. The predicted octanol–water partition coefficient (Wildman–Crippen LogP) is 2.17. The van der Waals surface area contributed by atoms with Gasteiger partial charge in [-0.1, -0.05) is 0 Å². The van der Waals surface area contributed by atoms with Gasteiger partial charge in [0.2, 0.25) is 0 Å². The van der Waals surface area contributed by atoms with Crippen molar-refractivity contribution < 1.29 is 23.5 Å². The standard InChI is InChI=1S/C20H35FN2O4/c1-4-26-19(24)13-23(11-14(3)21)12-15-6-7-16-10-22-18(9-17(16)8-15)20(25)27-5-2/h14-18,22H,4-13H2,1-3H3. The van der Waals surface area contributed by atoms with Gasteiger partial charge in [0.25, 0.3) is 0 Å². The second-order valence-corrected chi connectivity index (χ2v) is 7.93. The lowest BCUT2D eigenvalue weighted by atomic mass is 9.69. The van der Waals surface area contributed by atoms with Gasteiger partial charge in [0, 0.05) is 13.1 Å². The highest BCUT2D eigenvalue weighted by Crippen LogP contribution is 2.39. The van der Waals surface area contributed by atoms with Gasteiger partial charge in [-0.25, -0.2) is 4.39 Å². The van der Waals surface area contributed by atoms with Crippen LogP contribution in [-0.2, 0) is 19.1 Å². The highest BCUT2D eigenvalue weighted by Gasteiger charge is 2.38. The monoisotopic (exact) mass is 386 g/mol. The molecule has 0 bridgehead atoms. The zero-order valence-corrected chi connectivity index (χ0v) is 16.9. The largest absolute Gasteiger partial charge is 0.465 e. The molecule has 1 aliphatic carbocycles. The molecule has 0 radical (unpaired) electrons. The van der Waals surface area contributed by atoms with Crippen LogP contribution in [0.5, 0.6) is 0 Å². The van der Waals surface area contributed by atoms with Gasteiger partial charge < -0.3 is 14.8 Å². The van der Waals surface area contributed by atoms with Gasteiger partial charge >= 0.3 is 11.9 Å². The molecular weight excluding hydrogens is 351 g/mol. The molecular formula is C20H35FN2O4. The average Bonchev–Trinajstić information content (AvgIpc) is 2.60. The molecule has 1 N–H and O–H groups in total. The third kappa shape index (κ3) is 7.03. The van der Waals surface area contributed by atoms with Gasteiger partial charge in [0.1, 0.15) is 12.2 Å². The SMILES string of the molecule is CCOC(=O)CN(CC(C)F)CC1CCC2CNC(C(=O)OCC)CC2C1. The first-order valence-corrected chi connectivity index (χ1v) is 10.3. The van der Waals surface area contributed by atoms with Crippen LogP contribution >= 0.6 is 0 Å². The first-order valence-electron chi connectivity index (χ1n) is 10.3. The number of nitrogens with zero attached hydrogens (tertiary/aromatic N) is 1. The average molecular weight is 387 g/mol. The molecule has 1 saturated carbocycles. The van der Waals surface area contributed by atoms with Gasteiger partial charge in [-0.3, -0.25) is 14.5 Å². The fourth-order valence-electron chi connectivity index (χ4n) is 4.56. The van der Waals surface area contributed by atoms with E-state index in [0.29, 0.717) is 37.5 Å². The molecule has 0 aromatic carbocycles. The fourth-order valence-corrected chi connectivity index (χ4v) is 4.56. The van der Waals surface area contributed by atoms with E-state index in [0.717, 1.165) is 32.2 Å². The maximum Gasteiger partial charge on any atom is 0.323 e. The van der Waals surface area contributed by atoms with Crippen molar-refractivity contribution >= 4 is 11.9 Å². The van der Waals surface area contributed by atoms with Crippen molar-refractivity contribution in [2.75, 3.05) is 39.4 Å². The van der Waals surface area contributed by atoms with Crippen molar-refractivity contribution in [1.29, 1.82) is 0 Å². The van der Waals surface area contributed by atoms with Crippen LogP contribution in [-0.4, -0.2) is 68.4 Å². The number of rotatable bonds is 9. The van der Waals surface area contributed by atoms with E-state index in [1.807, 2.05) is 11.8 Å². The molecule has 0 aromatic rings. The Kier molecular flexibility index (Phi) is 8.96. The van der Waals surface area contributed by atoms with Gasteiger partial charge in [-0.2, -0.15) is 0 Å². The third-order valence-electron chi connectivity index (χ3n) is 5.67. The Morgan fingerprint density at radius 2 is 1.89 bits per heavy atom. The van der Waals surface area contributed by atoms with Crippen LogP contribution in [0, 0.1) is 17.8 Å². The number of piperidine rings is 1. The number of carbonyl (C=O) groups excluding carboxylic acids is 2. The molecule has 0 aromatic heterocycles. The molecule has 0 amide bonds. The van der Waals surface area contributed by atoms with Gasteiger partial charge in [-0.05, 0) is 70.8 Å². The van der Waals surface area contributed by atoms with Gasteiger partial charge in [-0.15, -0.1) is 0 Å². The molecule has 1 saturated heterocycles. The molecule has 2 aliphatic rings. The molecule has 0 spiro atoms. The van der Waals surface area contributed by atoms with Crippen molar-refractivity contribution in [3.63, 3.8) is 0 Å². The van der Waals surface area contributed by atoms with Crippen LogP contribution in [0.4, 0.5) is 4.39 Å². The van der Waals surface area contributed by atoms with Crippen LogP contribution in [0.15, 0.2) is 0 Å². The van der Waals surface area contributed by atoms with Crippen LogP contribution in [0.1, 0.15) is 46.5 Å². The van der Waals surface area contributed by atoms with Crippen molar-refractivity contribution in [2.45, 2.75) is 58.7 Å². The molecule has 5 unspecified atom stereocenters. The molecule has 2 rings (SSSR count). The minimum atomic E-state index is -0.983. The topological polar surface area (TPSA) is 67.9 Å². The quantitative estimate of drug-likeness (QED) is 0.613. The van der Waals surface area contributed by atoms with Gasteiger partial charge in [0.05, 0.1) is 19.8 Å². The zero-order chi connectivity index (χ0) is 19.8. The summed E-state index contributed by atoms with van der Waals surface area (Å²) in [7, 11) is 0. The number of fused-ring (bicyclic) bond motifs is 1. The lowest BCUT2D eigenvalue weighted by Crippen LogP contribution is -2.51. The number of esters is 2. The second-order valence-electron chi connectivity index (χ2n) is 7.93. The summed E-state index contributed by atoms with van der Waals surface area (Å²) in [5.41, 5.74) is 0. The molecule has 156 valence electrons. The van der Waals surface area contributed by atoms with E-state index in [2.05, 4.69) is 5.32 Å². The Bertz CT molecular complexity index is 489. The van der Waals surface area contributed by atoms with Crippen LogP contribution in [0.2, 0.25) is 0 Å². The number of hydrogen-bond acceptors (Lipinski definition) is 6. The number of nitrogens with one attached hydrogen (secondary N) is 1. The predicted molar refractivity (Wildman–Crippen MR) is 101 cm³/mol. The normalized spacial score (nSPS) is 29.1. The third-order valence-corrected chi connectivity index (χ3v) is 5.67. The van der Waals surface area contributed by atoms with Crippen LogP contribution in [0.25, 0.3) is 0 Å². The van der Waals surface area contributed by atoms with E-state index in [9.17, 15) is 14.0 Å². The first kappa shape index (κ1) is 22.1. The minimum Gasteiger partial charge on any atom is -0.465 e. The Labute approximate surface area is 162 Å². The lowest BCUT2D eigenvalue weighted by Gasteiger charge is -2.43. The first-order chi connectivity index (χ1) is 12.9. The molecule has 7 heteroatoms. The highest BCUT2D eigenvalue weighted by molar-refractivity contribution is 5.76. The maximum atomic E-state index is 13.6. The van der Waals surface area contributed by atoms with Crippen molar-refractivity contribution in [3.05, 3.63) is 0 Å². The fraction of sp³-hybridized carbons (Fsp3) is 0.900. The summed E-state index contributed by atoms with van der Waals surface area (Å²) < 4.78 is 23.8. The molecule has 27 heavy (non-hydrogen) atoms. The van der Waals surface area contributed by atoms with Gasteiger partial charge in [0.15, 0.2) is 0 Å². The molecule has 1 heterocycles. The Morgan fingerprint density at radius 3 is 2.56 bits per heavy atom. The molecule has 1 aliphatic heterocycles. The minimum absolute atomic E-state index is 0.139. The molecule has 2 fully saturated rings. The summed E-state index contributed by atoms with van der Waals surface area (Å²) in [6.07, 6.45) is 3.02. The van der Waals surface area contributed by atoms with Crippen molar-refractivity contribution in [1.82, 2.24) is 10.2 Å². The number of ether oxygens (including phenoxy) is 2. The summed E-state index contributed by atoms with van der Waals surface area (Å²) >= 11 is 0. The number of alkyl halides is 1. The number of halogens is 1. The summed E-state index contributed by atoms with van der Waals surface area (Å²) in [6, 6.07) is -0.216. The maximum absolute atomic E-state index is 13.6. The van der Waals surface area contributed by atoms with Crippen LogP contribution in [0.3, 0.4) is 0 Å². The zero-order valence-electron chi connectivity index (χ0n) is 16.9. The second kappa shape index (κ2) is 11.0. The Morgan fingerprint density at radius 1 is 1.15 bits per heavy atom. The summed E-state index contributed by atoms with van der Waals surface area (Å²) in [5.74, 6) is 1.03. The van der Waals surface area contributed by atoms with E-state index >= 15 is 0 Å². The van der Waals surface area contributed by atoms with E-state index in [4.69, 9.17) is 9.47 Å². The van der Waals surface area contributed by atoms with Crippen LogP contribution < -0.4 is 5.32 Å². The van der Waals surface area contributed by atoms with E-state index in [1.165, 1.54) is 6.92 Å². The number of hydrogen-bond donors (Lipinski definition) is 1. The number of carbonyl (C=O) groups is 2. The molecule has 6 nitrogen and oxygen atoms in total. The molecule has 5 atom stereocenters. The van der Waals surface area contributed by atoms with Crippen molar-refractivity contribution in [3.8, 4) is 0 Å². The Balaban J connectivity index is 1.90. The van der Waals surface area contributed by atoms with E-state index < -0.39 is 6.17 Å². The Hall–Kier alpha value is -1.21. The smallest absolute Gasteiger partial charge is 0.323 e.